The maximum atomic E-state index is 13.4. The van der Waals surface area contributed by atoms with E-state index < -0.39 is 0 Å². The van der Waals surface area contributed by atoms with Crippen molar-refractivity contribution in [2.24, 2.45) is 0 Å². The first-order chi connectivity index (χ1) is 13.7. The summed E-state index contributed by atoms with van der Waals surface area (Å²) in [5.41, 5.74) is 2.33. The highest BCUT2D eigenvalue weighted by Crippen LogP contribution is 2.27. The maximum absolute atomic E-state index is 13.4. The first-order valence-electron chi connectivity index (χ1n) is 9.74. The van der Waals surface area contributed by atoms with Crippen LogP contribution in [-0.2, 0) is 11.2 Å². The number of thiophene rings is 1. The number of aromatic nitrogens is 1. The predicted molar refractivity (Wildman–Crippen MR) is 115 cm³/mol. The van der Waals surface area contributed by atoms with Crippen LogP contribution in [0.5, 0.6) is 0 Å². The molecule has 1 fully saturated rings. The molecule has 1 aliphatic rings. The van der Waals surface area contributed by atoms with Crippen LogP contribution in [0.3, 0.4) is 0 Å². The largest absolute Gasteiger partial charge is 0.353 e. The van der Waals surface area contributed by atoms with Crippen LogP contribution < -0.4 is 4.90 Å². The molecular weight excluding hydrogens is 366 g/mol. The van der Waals surface area contributed by atoms with Gasteiger partial charge in [-0.25, -0.2) is 4.98 Å². The summed E-state index contributed by atoms with van der Waals surface area (Å²) in [6.07, 6.45) is 2.58. The van der Waals surface area contributed by atoms with Crippen LogP contribution in [0.4, 0.5) is 5.82 Å². The fraction of sp³-hybridized carbons (Fsp3) is 0.304. The zero-order chi connectivity index (χ0) is 19.3. The first kappa shape index (κ1) is 18.7. The molecule has 144 valence electrons. The minimum Gasteiger partial charge on any atom is -0.353 e. The summed E-state index contributed by atoms with van der Waals surface area (Å²) in [7, 11) is 0. The Hall–Kier alpha value is -2.66. The topological polar surface area (TPSA) is 36.4 Å². The monoisotopic (exact) mass is 391 g/mol. The van der Waals surface area contributed by atoms with Gasteiger partial charge < -0.3 is 9.80 Å². The van der Waals surface area contributed by atoms with Crippen molar-refractivity contribution in [1.82, 2.24) is 9.88 Å². The van der Waals surface area contributed by atoms with Crippen molar-refractivity contribution in [1.29, 1.82) is 0 Å². The molecule has 3 heterocycles. The van der Waals surface area contributed by atoms with Crippen molar-refractivity contribution in [2.45, 2.75) is 19.3 Å². The number of piperazine rings is 1. The van der Waals surface area contributed by atoms with Gasteiger partial charge in [0.05, 0.1) is 5.92 Å². The number of benzene rings is 1. The van der Waals surface area contributed by atoms with Crippen molar-refractivity contribution < 1.29 is 4.79 Å². The van der Waals surface area contributed by atoms with Gasteiger partial charge in [0.25, 0.3) is 0 Å². The van der Waals surface area contributed by atoms with Gasteiger partial charge in [-0.1, -0.05) is 42.0 Å². The fourth-order valence-electron chi connectivity index (χ4n) is 3.69. The summed E-state index contributed by atoms with van der Waals surface area (Å²) < 4.78 is 0. The molecule has 28 heavy (non-hydrogen) atoms. The third kappa shape index (κ3) is 4.25. The number of rotatable bonds is 5. The van der Waals surface area contributed by atoms with Gasteiger partial charge in [-0.3, -0.25) is 4.79 Å². The second kappa shape index (κ2) is 8.57. The van der Waals surface area contributed by atoms with Gasteiger partial charge in [-0.2, -0.15) is 0 Å². The zero-order valence-corrected chi connectivity index (χ0v) is 16.9. The van der Waals surface area contributed by atoms with Crippen molar-refractivity contribution in [3.05, 3.63) is 82.2 Å². The minimum absolute atomic E-state index is 0.124. The summed E-state index contributed by atoms with van der Waals surface area (Å²) >= 11 is 1.72. The lowest BCUT2D eigenvalue weighted by Gasteiger charge is -2.37. The van der Waals surface area contributed by atoms with Crippen molar-refractivity contribution >= 4 is 23.1 Å². The highest BCUT2D eigenvalue weighted by Gasteiger charge is 2.29. The van der Waals surface area contributed by atoms with Gasteiger partial charge in [0, 0.05) is 37.3 Å². The number of carbonyl (C=O) groups is 1. The van der Waals surface area contributed by atoms with E-state index in [9.17, 15) is 4.79 Å². The van der Waals surface area contributed by atoms with Gasteiger partial charge in [0.2, 0.25) is 5.91 Å². The standard InChI is InChI=1S/C23H25N3OS/c1-18-7-9-19(10-8-18)21(17-20-5-4-16-28-20)23(27)26-14-12-25(13-15-26)22-6-2-3-11-24-22/h2-11,16,21H,12-15,17H2,1H3. The molecule has 4 nitrogen and oxygen atoms in total. The highest BCUT2D eigenvalue weighted by atomic mass is 32.1. The normalized spacial score (nSPS) is 15.5. The third-order valence-corrected chi connectivity index (χ3v) is 6.23. The van der Waals surface area contributed by atoms with Crippen LogP contribution >= 0.6 is 11.3 Å². The summed E-state index contributed by atoms with van der Waals surface area (Å²) in [6.45, 7) is 5.20. The number of hydrogen-bond donors (Lipinski definition) is 0. The van der Waals surface area contributed by atoms with Crippen molar-refractivity contribution in [2.75, 3.05) is 31.1 Å². The van der Waals surface area contributed by atoms with Gasteiger partial charge in [0.1, 0.15) is 5.82 Å². The van der Waals surface area contributed by atoms with E-state index in [1.165, 1.54) is 10.4 Å². The Morgan fingerprint density at radius 2 is 1.82 bits per heavy atom. The molecule has 1 unspecified atom stereocenters. The molecule has 1 atom stereocenters. The van der Waals surface area contributed by atoms with Crippen LogP contribution in [0.25, 0.3) is 0 Å². The zero-order valence-electron chi connectivity index (χ0n) is 16.1. The summed E-state index contributed by atoms with van der Waals surface area (Å²) in [5, 5.41) is 2.08. The van der Waals surface area contributed by atoms with Gasteiger partial charge >= 0.3 is 0 Å². The number of amides is 1. The summed E-state index contributed by atoms with van der Waals surface area (Å²) in [5.74, 6) is 1.10. The molecule has 1 aromatic carbocycles. The Morgan fingerprint density at radius 1 is 1.04 bits per heavy atom. The van der Waals surface area contributed by atoms with Gasteiger partial charge in [-0.15, -0.1) is 11.3 Å². The molecule has 0 saturated carbocycles. The maximum Gasteiger partial charge on any atom is 0.230 e. The lowest BCUT2D eigenvalue weighted by molar-refractivity contribution is -0.133. The van der Waals surface area contributed by atoms with E-state index in [1.807, 2.05) is 29.3 Å². The number of aryl methyl sites for hydroxylation is 1. The summed E-state index contributed by atoms with van der Waals surface area (Å²) in [4.78, 5) is 23.4. The van der Waals surface area contributed by atoms with E-state index in [0.717, 1.165) is 44.0 Å². The van der Waals surface area contributed by atoms with E-state index in [0.29, 0.717) is 0 Å². The fourth-order valence-corrected chi connectivity index (χ4v) is 4.45. The Bertz CT molecular complexity index is 885. The molecule has 1 amide bonds. The highest BCUT2D eigenvalue weighted by molar-refractivity contribution is 7.09. The molecule has 0 N–H and O–H groups in total. The molecule has 3 aromatic rings. The average Bonchev–Trinajstić information content (AvgIpc) is 3.26. The van der Waals surface area contributed by atoms with E-state index >= 15 is 0 Å². The summed E-state index contributed by atoms with van der Waals surface area (Å²) in [6, 6.07) is 18.6. The van der Waals surface area contributed by atoms with Crippen LogP contribution in [-0.4, -0.2) is 42.0 Å². The molecule has 2 aromatic heterocycles. The van der Waals surface area contributed by atoms with E-state index in [2.05, 4.69) is 58.6 Å². The predicted octanol–water partition coefficient (Wildman–Crippen LogP) is 4.13. The molecular formula is C23H25N3OS. The Balaban J connectivity index is 1.48. The molecule has 0 spiro atoms. The quantitative estimate of drug-likeness (QED) is 0.656. The smallest absolute Gasteiger partial charge is 0.230 e. The third-order valence-electron chi connectivity index (χ3n) is 5.33. The van der Waals surface area contributed by atoms with Gasteiger partial charge in [-0.05, 0) is 42.5 Å². The number of anilines is 1. The molecule has 1 saturated heterocycles. The second-order valence-corrected chi connectivity index (χ2v) is 8.28. The lowest BCUT2D eigenvalue weighted by atomic mass is 9.92. The van der Waals surface area contributed by atoms with Crippen molar-refractivity contribution in [3.63, 3.8) is 0 Å². The van der Waals surface area contributed by atoms with Crippen LogP contribution in [0.2, 0.25) is 0 Å². The molecule has 0 radical (unpaired) electrons. The Morgan fingerprint density at radius 3 is 2.46 bits per heavy atom. The Labute approximate surface area is 170 Å². The number of nitrogens with zero attached hydrogens (tertiary/aromatic N) is 3. The van der Waals surface area contributed by atoms with Crippen LogP contribution in [0.1, 0.15) is 21.9 Å². The van der Waals surface area contributed by atoms with E-state index in [4.69, 9.17) is 0 Å². The molecule has 1 aliphatic heterocycles. The molecule has 5 heteroatoms. The number of carbonyl (C=O) groups excluding carboxylic acids is 1. The number of pyridine rings is 1. The molecule has 0 aliphatic carbocycles. The van der Waals surface area contributed by atoms with E-state index in [-0.39, 0.29) is 11.8 Å². The van der Waals surface area contributed by atoms with Gasteiger partial charge in [0.15, 0.2) is 0 Å². The van der Waals surface area contributed by atoms with Crippen molar-refractivity contribution in [3.8, 4) is 0 Å². The lowest BCUT2D eigenvalue weighted by Crippen LogP contribution is -2.50. The molecule has 4 rings (SSSR count). The minimum atomic E-state index is -0.124. The van der Waals surface area contributed by atoms with Crippen LogP contribution in [0, 0.1) is 6.92 Å². The second-order valence-electron chi connectivity index (χ2n) is 7.25. The average molecular weight is 392 g/mol. The van der Waals surface area contributed by atoms with Crippen LogP contribution in [0.15, 0.2) is 66.2 Å². The first-order valence-corrected chi connectivity index (χ1v) is 10.6. The number of hydrogen-bond acceptors (Lipinski definition) is 4. The van der Waals surface area contributed by atoms with E-state index in [1.54, 1.807) is 11.3 Å². The Kier molecular flexibility index (Phi) is 5.72. The molecule has 0 bridgehead atoms. The SMILES string of the molecule is Cc1ccc(C(Cc2cccs2)C(=O)N2CCN(c3ccccn3)CC2)cc1.